The lowest BCUT2D eigenvalue weighted by Gasteiger charge is -2.09. The van der Waals surface area contributed by atoms with Crippen molar-refractivity contribution in [1.29, 1.82) is 0 Å². The molecule has 0 saturated heterocycles. The quantitative estimate of drug-likeness (QED) is 0.862. The SMILES string of the molecule is O=S(=O)(Nc1cc(-c2ccc(F)cc2F)cc(Cl)n1)C1CC1. The second-order valence-electron chi connectivity index (χ2n) is 5.03. The van der Waals surface area contributed by atoms with Gasteiger partial charge in [0.15, 0.2) is 0 Å². The van der Waals surface area contributed by atoms with Crippen LogP contribution in [0.5, 0.6) is 0 Å². The topological polar surface area (TPSA) is 59.1 Å². The predicted octanol–water partition coefficient (Wildman–Crippen LogP) is 3.58. The van der Waals surface area contributed by atoms with Crippen LogP contribution in [0.25, 0.3) is 11.1 Å². The average molecular weight is 345 g/mol. The lowest BCUT2D eigenvalue weighted by Crippen LogP contribution is -2.18. The van der Waals surface area contributed by atoms with Crippen molar-refractivity contribution in [3.05, 3.63) is 47.1 Å². The highest BCUT2D eigenvalue weighted by Gasteiger charge is 2.36. The van der Waals surface area contributed by atoms with Gasteiger partial charge in [0.2, 0.25) is 10.0 Å². The minimum absolute atomic E-state index is 0.00900. The molecule has 1 fully saturated rings. The van der Waals surface area contributed by atoms with Gasteiger partial charge in [0, 0.05) is 11.6 Å². The van der Waals surface area contributed by atoms with E-state index in [-0.39, 0.29) is 16.5 Å². The van der Waals surface area contributed by atoms with Gasteiger partial charge in [0.1, 0.15) is 22.6 Å². The summed E-state index contributed by atoms with van der Waals surface area (Å²) in [6.45, 7) is 0. The molecule has 1 N–H and O–H groups in total. The summed E-state index contributed by atoms with van der Waals surface area (Å²) in [5.41, 5.74) is 0.420. The van der Waals surface area contributed by atoms with Crippen LogP contribution in [0.3, 0.4) is 0 Å². The van der Waals surface area contributed by atoms with Crippen molar-refractivity contribution < 1.29 is 17.2 Å². The monoisotopic (exact) mass is 344 g/mol. The third-order valence-electron chi connectivity index (χ3n) is 3.25. The minimum Gasteiger partial charge on any atom is -0.267 e. The van der Waals surface area contributed by atoms with Gasteiger partial charge in [-0.25, -0.2) is 22.2 Å². The molecule has 0 amide bonds. The number of anilines is 1. The van der Waals surface area contributed by atoms with Gasteiger partial charge in [-0.05, 0) is 42.7 Å². The Hall–Kier alpha value is -1.73. The molecule has 22 heavy (non-hydrogen) atoms. The Balaban J connectivity index is 1.99. The molecular formula is C14H11ClF2N2O2S. The fourth-order valence-corrected chi connectivity index (χ4v) is 3.56. The number of rotatable bonds is 4. The van der Waals surface area contributed by atoms with E-state index >= 15 is 0 Å². The lowest BCUT2D eigenvalue weighted by atomic mass is 10.1. The van der Waals surface area contributed by atoms with Crippen LogP contribution in [0.15, 0.2) is 30.3 Å². The Morgan fingerprint density at radius 3 is 2.55 bits per heavy atom. The highest BCUT2D eigenvalue weighted by Crippen LogP contribution is 2.31. The number of halogens is 3. The first-order valence-electron chi connectivity index (χ1n) is 6.50. The molecule has 2 aromatic rings. The fourth-order valence-electron chi connectivity index (χ4n) is 2.04. The molecule has 0 radical (unpaired) electrons. The summed E-state index contributed by atoms with van der Waals surface area (Å²) in [6.07, 6.45) is 1.21. The van der Waals surface area contributed by atoms with Crippen LogP contribution in [0.2, 0.25) is 5.15 Å². The standard InChI is InChI=1S/C14H11ClF2N2O2S/c15-13-5-8(11-4-1-9(16)7-12(11)17)6-14(18-13)19-22(20,21)10-2-3-10/h1,4-7,10H,2-3H2,(H,18,19). The second kappa shape index (κ2) is 5.48. The maximum absolute atomic E-state index is 13.8. The fraction of sp³-hybridized carbons (Fsp3) is 0.214. The number of sulfonamides is 1. The van der Waals surface area contributed by atoms with E-state index < -0.39 is 26.9 Å². The van der Waals surface area contributed by atoms with Gasteiger partial charge in [-0.2, -0.15) is 0 Å². The van der Waals surface area contributed by atoms with E-state index in [1.807, 2.05) is 0 Å². The number of pyridine rings is 1. The van der Waals surface area contributed by atoms with E-state index in [4.69, 9.17) is 11.6 Å². The number of hydrogen-bond acceptors (Lipinski definition) is 3. The Morgan fingerprint density at radius 1 is 1.18 bits per heavy atom. The van der Waals surface area contributed by atoms with Crippen molar-refractivity contribution in [2.45, 2.75) is 18.1 Å². The summed E-state index contributed by atoms with van der Waals surface area (Å²) in [7, 11) is -3.50. The zero-order valence-corrected chi connectivity index (χ0v) is 12.8. The Labute approximate surface area is 131 Å². The van der Waals surface area contributed by atoms with Gasteiger partial charge in [0.05, 0.1) is 5.25 Å². The number of benzene rings is 1. The molecule has 1 aromatic carbocycles. The summed E-state index contributed by atoms with van der Waals surface area (Å²) >= 11 is 5.87. The molecule has 1 aliphatic carbocycles. The summed E-state index contributed by atoms with van der Waals surface area (Å²) < 4.78 is 53.0. The zero-order valence-electron chi connectivity index (χ0n) is 11.2. The number of hydrogen-bond donors (Lipinski definition) is 1. The Morgan fingerprint density at radius 2 is 1.91 bits per heavy atom. The maximum atomic E-state index is 13.8. The summed E-state index contributed by atoms with van der Waals surface area (Å²) in [5.74, 6) is -1.45. The predicted molar refractivity (Wildman–Crippen MR) is 80.2 cm³/mol. The maximum Gasteiger partial charge on any atom is 0.236 e. The molecule has 1 aliphatic rings. The van der Waals surface area contributed by atoms with Gasteiger partial charge in [-0.15, -0.1) is 0 Å². The smallest absolute Gasteiger partial charge is 0.236 e. The van der Waals surface area contributed by atoms with Crippen molar-refractivity contribution in [3.63, 3.8) is 0 Å². The highest BCUT2D eigenvalue weighted by atomic mass is 35.5. The van der Waals surface area contributed by atoms with Crippen LogP contribution >= 0.6 is 11.6 Å². The molecular weight excluding hydrogens is 334 g/mol. The van der Waals surface area contributed by atoms with Crippen molar-refractivity contribution in [2.24, 2.45) is 0 Å². The van der Waals surface area contributed by atoms with Crippen LogP contribution in [0.4, 0.5) is 14.6 Å². The molecule has 1 aromatic heterocycles. The first-order valence-corrected chi connectivity index (χ1v) is 8.42. The lowest BCUT2D eigenvalue weighted by molar-refractivity contribution is 0.585. The number of nitrogens with zero attached hydrogens (tertiary/aromatic N) is 1. The third-order valence-corrected chi connectivity index (χ3v) is 5.28. The highest BCUT2D eigenvalue weighted by molar-refractivity contribution is 7.93. The molecule has 1 heterocycles. The van der Waals surface area contributed by atoms with Crippen molar-refractivity contribution in [1.82, 2.24) is 4.98 Å². The molecule has 0 unspecified atom stereocenters. The van der Waals surface area contributed by atoms with Gasteiger partial charge in [-0.3, -0.25) is 4.72 Å². The van der Waals surface area contributed by atoms with E-state index in [0.29, 0.717) is 18.4 Å². The summed E-state index contributed by atoms with van der Waals surface area (Å²) in [4.78, 5) is 3.88. The molecule has 1 saturated carbocycles. The zero-order chi connectivity index (χ0) is 15.9. The number of nitrogens with one attached hydrogen (secondary N) is 1. The third kappa shape index (κ3) is 3.20. The molecule has 116 valence electrons. The van der Waals surface area contributed by atoms with Gasteiger partial charge >= 0.3 is 0 Å². The van der Waals surface area contributed by atoms with Gasteiger partial charge in [0.25, 0.3) is 0 Å². The van der Waals surface area contributed by atoms with Crippen molar-refractivity contribution in [3.8, 4) is 11.1 Å². The normalized spacial score (nSPS) is 14.9. The molecule has 8 heteroatoms. The van der Waals surface area contributed by atoms with E-state index in [9.17, 15) is 17.2 Å². The molecule has 0 aliphatic heterocycles. The Bertz CT molecular complexity index is 839. The van der Waals surface area contributed by atoms with Crippen LogP contribution in [0.1, 0.15) is 12.8 Å². The summed E-state index contributed by atoms with van der Waals surface area (Å²) in [5, 5.41) is -0.408. The van der Waals surface area contributed by atoms with E-state index in [1.54, 1.807) is 0 Å². The van der Waals surface area contributed by atoms with Crippen molar-refractivity contribution >= 4 is 27.4 Å². The second-order valence-corrected chi connectivity index (χ2v) is 7.38. The number of aromatic nitrogens is 1. The molecule has 4 nitrogen and oxygen atoms in total. The van der Waals surface area contributed by atoms with Crippen molar-refractivity contribution in [2.75, 3.05) is 4.72 Å². The van der Waals surface area contributed by atoms with Gasteiger partial charge in [-0.1, -0.05) is 11.6 Å². The molecule has 0 bridgehead atoms. The first-order chi connectivity index (χ1) is 10.3. The van der Waals surface area contributed by atoms with E-state index in [1.165, 1.54) is 18.2 Å². The summed E-state index contributed by atoms with van der Waals surface area (Å²) in [6, 6.07) is 5.86. The molecule has 0 atom stereocenters. The van der Waals surface area contributed by atoms with E-state index in [2.05, 4.69) is 9.71 Å². The van der Waals surface area contributed by atoms with E-state index in [0.717, 1.165) is 12.1 Å². The van der Waals surface area contributed by atoms with Crippen LogP contribution in [0, 0.1) is 11.6 Å². The van der Waals surface area contributed by atoms with Crippen LogP contribution in [-0.2, 0) is 10.0 Å². The van der Waals surface area contributed by atoms with Crippen LogP contribution in [-0.4, -0.2) is 18.7 Å². The van der Waals surface area contributed by atoms with Gasteiger partial charge < -0.3 is 0 Å². The minimum atomic E-state index is -3.50. The Kier molecular flexibility index (Phi) is 3.78. The average Bonchev–Trinajstić information content (AvgIpc) is 3.21. The first kappa shape index (κ1) is 15.2. The molecule has 0 spiro atoms. The van der Waals surface area contributed by atoms with Crippen LogP contribution < -0.4 is 4.72 Å². The molecule has 3 rings (SSSR count). The largest absolute Gasteiger partial charge is 0.267 e.